The molecule has 1 saturated heterocycles. The van der Waals surface area contributed by atoms with E-state index in [9.17, 15) is 5.11 Å². The summed E-state index contributed by atoms with van der Waals surface area (Å²) in [6, 6.07) is 9.80. The summed E-state index contributed by atoms with van der Waals surface area (Å²) in [5, 5.41) is 13.4. The second-order valence-electron chi connectivity index (χ2n) is 4.15. The summed E-state index contributed by atoms with van der Waals surface area (Å²) in [7, 11) is 0. The number of para-hydroxylation sites is 1. The summed E-state index contributed by atoms with van der Waals surface area (Å²) in [5.41, 5.74) is 0.400. The third-order valence-corrected chi connectivity index (χ3v) is 2.74. The van der Waals surface area contributed by atoms with Crippen LogP contribution in [0, 0.1) is 0 Å². The first-order valence-electron chi connectivity index (χ1n) is 4.90. The van der Waals surface area contributed by atoms with E-state index in [1.807, 2.05) is 42.2 Å². The highest BCUT2D eigenvalue weighted by atomic mass is 32.1. The zero-order valence-corrected chi connectivity index (χ0v) is 9.42. The summed E-state index contributed by atoms with van der Waals surface area (Å²) in [6.07, 6.45) is 0. The lowest BCUT2D eigenvalue weighted by Gasteiger charge is -2.45. The minimum Gasteiger partial charge on any atom is -0.386 e. The van der Waals surface area contributed by atoms with Gasteiger partial charge in [-0.05, 0) is 31.3 Å². The summed E-state index contributed by atoms with van der Waals surface area (Å²) < 4.78 is 0. The minimum absolute atomic E-state index is 0.581. The minimum atomic E-state index is -0.581. The number of likely N-dealkylation sites (tertiary alicyclic amines) is 1. The van der Waals surface area contributed by atoms with Crippen LogP contribution >= 0.6 is 12.2 Å². The zero-order chi connectivity index (χ0) is 10.9. The van der Waals surface area contributed by atoms with Crippen LogP contribution in [0.2, 0.25) is 0 Å². The molecule has 80 valence electrons. The van der Waals surface area contributed by atoms with Crippen molar-refractivity contribution in [1.82, 2.24) is 4.90 Å². The number of hydrogen-bond donors (Lipinski definition) is 2. The Balaban J connectivity index is 1.89. The second-order valence-corrected chi connectivity index (χ2v) is 4.54. The Hall–Kier alpha value is -1.13. The van der Waals surface area contributed by atoms with Gasteiger partial charge in [0.25, 0.3) is 0 Å². The fourth-order valence-corrected chi connectivity index (χ4v) is 1.89. The average molecular weight is 222 g/mol. The van der Waals surface area contributed by atoms with Crippen molar-refractivity contribution in [2.75, 3.05) is 18.4 Å². The van der Waals surface area contributed by atoms with E-state index in [2.05, 4.69) is 5.32 Å². The van der Waals surface area contributed by atoms with Crippen molar-refractivity contribution >= 4 is 23.0 Å². The Kier molecular flexibility index (Phi) is 2.63. The van der Waals surface area contributed by atoms with Gasteiger partial charge in [-0.15, -0.1) is 0 Å². The molecule has 1 aromatic carbocycles. The molecule has 0 amide bonds. The van der Waals surface area contributed by atoms with Gasteiger partial charge >= 0.3 is 0 Å². The van der Waals surface area contributed by atoms with Gasteiger partial charge in [-0.3, -0.25) is 0 Å². The molecule has 2 rings (SSSR count). The van der Waals surface area contributed by atoms with Crippen LogP contribution in [0.15, 0.2) is 30.3 Å². The Morgan fingerprint density at radius 3 is 2.53 bits per heavy atom. The van der Waals surface area contributed by atoms with E-state index in [0.717, 1.165) is 5.69 Å². The summed E-state index contributed by atoms with van der Waals surface area (Å²) in [5.74, 6) is 0. The molecule has 0 unspecified atom stereocenters. The average Bonchev–Trinajstić information content (AvgIpc) is 2.15. The molecule has 4 heteroatoms. The molecule has 0 bridgehead atoms. The number of benzene rings is 1. The Morgan fingerprint density at radius 1 is 1.40 bits per heavy atom. The van der Waals surface area contributed by atoms with Gasteiger partial charge in [0, 0.05) is 5.69 Å². The van der Waals surface area contributed by atoms with E-state index < -0.39 is 5.60 Å². The highest BCUT2D eigenvalue weighted by Crippen LogP contribution is 2.20. The van der Waals surface area contributed by atoms with Crippen LogP contribution in [0.4, 0.5) is 5.69 Å². The van der Waals surface area contributed by atoms with Gasteiger partial charge in [0.2, 0.25) is 0 Å². The molecule has 0 spiro atoms. The molecule has 3 nitrogen and oxygen atoms in total. The number of nitrogens with one attached hydrogen (secondary N) is 1. The Bertz CT molecular complexity index is 356. The van der Waals surface area contributed by atoms with Crippen molar-refractivity contribution in [3.05, 3.63) is 30.3 Å². The van der Waals surface area contributed by atoms with Gasteiger partial charge in [-0.2, -0.15) is 0 Å². The topological polar surface area (TPSA) is 35.5 Å². The van der Waals surface area contributed by atoms with Crippen LogP contribution < -0.4 is 5.32 Å². The fourth-order valence-electron chi connectivity index (χ4n) is 1.64. The summed E-state index contributed by atoms with van der Waals surface area (Å²) >= 11 is 5.22. The van der Waals surface area contributed by atoms with Crippen LogP contribution in [-0.4, -0.2) is 33.8 Å². The van der Waals surface area contributed by atoms with Gasteiger partial charge in [0.15, 0.2) is 5.11 Å². The number of β-amino-alcohol motifs (C(OH)–C–C–N with tert-alkyl or cyclic N) is 1. The quantitative estimate of drug-likeness (QED) is 0.705. The highest BCUT2D eigenvalue weighted by molar-refractivity contribution is 7.80. The number of aliphatic hydroxyl groups is 1. The fraction of sp³-hybridized carbons (Fsp3) is 0.364. The van der Waals surface area contributed by atoms with Crippen molar-refractivity contribution in [1.29, 1.82) is 0 Å². The number of nitrogens with zero attached hydrogens (tertiary/aromatic N) is 1. The first kappa shape index (κ1) is 10.4. The van der Waals surface area contributed by atoms with Crippen molar-refractivity contribution in [3.8, 4) is 0 Å². The van der Waals surface area contributed by atoms with E-state index >= 15 is 0 Å². The molecule has 15 heavy (non-hydrogen) atoms. The van der Waals surface area contributed by atoms with E-state index in [0.29, 0.717) is 18.2 Å². The molecule has 1 aliphatic rings. The van der Waals surface area contributed by atoms with Crippen LogP contribution in [-0.2, 0) is 0 Å². The number of anilines is 1. The van der Waals surface area contributed by atoms with E-state index in [1.54, 1.807) is 0 Å². The number of hydrogen-bond acceptors (Lipinski definition) is 2. The predicted molar refractivity (Wildman–Crippen MR) is 64.9 cm³/mol. The standard InChI is InChI=1S/C11H14N2OS/c1-11(14)7-13(8-11)10(15)12-9-5-3-2-4-6-9/h2-6,14H,7-8H2,1H3,(H,12,15). The van der Waals surface area contributed by atoms with Crippen LogP contribution in [0.25, 0.3) is 0 Å². The van der Waals surface area contributed by atoms with Crippen molar-refractivity contribution < 1.29 is 5.11 Å². The lowest BCUT2D eigenvalue weighted by molar-refractivity contribution is -0.0484. The maximum atomic E-state index is 9.57. The Morgan fingerprint density at radius 2 is 2.00 bits per heavy atom. The van der Waals surface area contributed by atoms with Crippen LogP contribution in [0.5, 0.6) is 0 Å². The van der Waals surface area contributed by atoms with Crippen molar-refractivity contribution in [2.24, 2.45) is 0 Å². The van der Waals surface area contributed by atoms with Gasteiger partial charge < -0.3 is 15.3 Å². The van der Waals surface area contributed by atoms with E-state index in [4.69, 9.17) is 12.2 Å². The summed E-state index contributed by atoms with van der Waals surface area (Å²) in [4.78, 5) is 1.95. The highest BCUT2D eigenvalue weighted by Gasteiger charge is 2.37. The maximum absolute atomic E-state index is 9.57. The molecule has 1 heterocycles. The van der Waals surface area contributed by atoms with E-state index in [-0.39, 0.29) is 0 Å². The lowest BCUT2D eigenvalue weighted by Crippen LogP contribution is -2.62. The second kappa shape index (κ2) is 3.79. The molecule has 1 aliphatic heterocycles. The summed E-state index contributed by atoms with van der Waals surface area (Å²) in [6.45, 7) is 3.02. The van der Waals surface area contributed by atoms with Gasteiger partial charge in [0.1, 0.15) is 0 Å². The molecule has 0 aromatic heterocycles. The molecular weight excluding hydrogens is 208 g/mol. The van der Waals surface area contributed by atoms with Gasteiger partial charge in [-0.25, -0.2) is 0 Å². The molecule has 0 atom stereocenters. The molecule has 1 aromatic rings. The largest absolute Gasteiger partial charge is 0.386 e. The molecule has 0 radical (unpaired) electrons. The monoisotopic (exact) mass is 222 g/mol. The van der Waals surface area contributed by atoms with Crippen molar-refractivity contribution in [2.45, 2.75) is 12.5 Å². The third-order valence-electron chi connectivity index (χ3n) is 2.38. The molecule has 0 saturated carbocycles. The first-order valence-corrected chi connectivity index (χ1v) is 5.31. The molecule has 0 aliphatic carbocycles. The van der Waals surface area contributed by atoms with Crippen LogP contribution in [0.1, 0.15) is 6.92 Å². The predicted octanol–water partition coefficient (Wildman–Crippen LogP) is 1.45. The Labute approximate surface area is 94.7 Å². The third kappa shape index (κ3) is 2.46. The van der Waals surface area contributed by atoms with Gasteiger partial charge in [-0.1, -0.05) is 18.2 Å². The maximum Gasteiger partial charge on any atom is 0.173 e. The normalized spacial score (nSPS) is 18.1. The lowest BCUT2D eigenvalue weighted by atomic mass is 9.98. The van der Waals surface area contributed by atoms with Gasteiger partial charge in [0.05, 0.1) is 18.7 Å². The molecule has 1 fully saturated rings. The van der Waals surface area contributed by atoms with E-state index in [1.165, 1.54) is 0 Å². The van der Waals surface area contributed by atoms with Crippen molar-refractivity contribution in [3.63, 3.8) is 0 Å². The SMILES string of the molecule is CC1(O)CN(C(=S)Nc2ccccc2)C1. The van der Waals surface area contributed by atoms with Crippen LogP contribution in [0.3, 0.4) is 0 Å². The zero-order valence-electron chi connectivity index (χ0n) is 8.60. The number of rotatable bonds is 1. The molecular formula is C11H14N2OS. The number of thiocarbonyl (C=S) groups is 1. The first-order chi connectivity index (χ1) is 7.07. The smallest absolute Gasteiger partial charge is 0.173 e. The molecule has 2 N–H and O–H groups in total.